The number of carbonyl (C=O) groups is 3. The Labute approximate surface area is 446 Å². The molecule has 1 rings (SSSR count). The van der Waals surface area contributed by atoms with E-state index in [0.29, 0.717) is 52.1 Å². The van der Waals surface area contributed by atoms with Crippen LogP contribution in [0.5, 0.6) is 0 Å². The molecule has 0 aliphatic carbocycles. The Balaban J connectivity index is 2.73. The van der Waals surface area contributed by atoms with Gasteiger partial charge in [0.2, 0.25) is 0 Å². The van der Waals surface area contributed by atoms with E-state index in [1.54, 1.807) is 0 Å². The maximum absolute atomic E-state index is 13.0. The molecule has 0 radical (unpaired) electrons. The third-order valence-electron chi connectivity index (χ3n) is 13.1. The number of carbonyl (C=O) groups excluding carboxylic acids is 3. The number of piperidine rings is 1. The Morgan fingerprint density at radius 1 is 0.466 bits per heavy atom. The first-order valence-corrected chi connectivity index (χ1v) is 29.7. The van der Waals surface area contributed by atoms with Gasteiger partial charge < -0.3 is 42.8 Å². The molecule has 0 amide bonds. The monoisotopic (exact) mass is 1030 g/mol. The Morgan fingerprint density at radius 3 is 1.25 bits per heavy atom. The molecule has 1 aliphatic heterocycles. The van der Waals surface area contributed by atoms with Crippen molar-refractivity contribution in [2.24, 2.45) is 11.8 Å². The van der Waals surface area contributed by atoms with Crippen molar-refractivity contribution in [1.29, 1.82) is 0 Å². The lowest BCUT2D eigenvalue weighted by molar-refractivity contribution is -0.150. The summed E-state index contributed by atoms with van der Waals surface area (Å²) in [5.74, 6) is -1.03. The summed E-state index contributed by atoms with van der Waals surface area (Å²) in [5.41, 5.74) is 0. The van der Waals surface area contributed by atoms with E-state index in [4.69, 9.17) is 37.9 Å². The maximum atomic E-state index is 13.0. The van der Waals surface area contributed by atoms with E-state index in [1.165, 1.54) is 103 Å². The molecule has 0 spiro atoms. The first-order valence-electron chi connectivity index (χ1n) is 29.7. The van der Waals surface area contributed by atoms with Gasteiger partial charge in [0.1, 0.15) is 19.8 Å². The molecule has 0 aromatic carbocycles. The molecule has 1 fully saturated rings. The van der Waals surface area contributed by atoms with E-state index >= 15 is 0 Å². The number of hydrogen-bond donors (Lipinski definition) is 0. The second-order valence-electron chi connectivity index (χ2n) is 20.0. The van der Waals surface area contributed by atoms with Gasteiger partial charge in [0, 0.05) is 25.3 Å². The smallest absolute Gasteiger partial charge is 0.465 e. The fraction of sp³-hybridized carbons (Fsp3) is 0.820. The molecule has 0 aromatic heterocycles. The highest BCUT2D eigenvalue weighted by Crippen LogP contribution is 2.18. The van der Waals surface area contributed by atoms with Crippen LogP contribution in [0.25, 0.3) is 0 Å². The third kappa shape index (κ3) is 44.9. The lowest BCUT2D eigenvalue weighted by atomic mass is 9.99. The third-order valence-corrected chi connectivity index (χ3v) is 13.1. The zero-order valence-electron chi connectivity index (χ0n) is 47.4. The van der Waals surface area contributed by atoms with Crippen molar-refractivity contribution in [3.8, 4) is 0 Å². The number of unbranched alkanes of at least 4 members (excludes halogenated alkanes) is 18. The van der Waals surface area contributed by atoms with Gasteiger partial charge in [0.05, 0.1) is 39.0 Å². The van der Waals surface area contributed by atoms with Crippen LogP contribution in [0.2, 0.25) is 0 Å². The number of nitrogens with zero attached hydrogens (tertiary/aromatic N) is 1. The predicted octanol–water partition coefficient (Wildman–Crippen LogP) is 15.5. The summed E-state index contributed by atoms with van der Waals surface area (Å²) in [7, 11) is 0. The van der Waals surface area contributed by atoms with Crippen LogP contribution in [-0.4, -0.2) is 108 Å². The minimum absolute atomic E-state index is 0.0609. The molecule has 1 saturated heterocycles. The van der Waals surface area contributed by atoms with E-state index in [0.717, 1.165) is 71.0 Å². The summed E-state index contributed by atoms with van der Waals surface area (Å²) < 4.78 is 46.8. The Hall–Kier alpha value is -3.03. The van der Waals surface area contributed by atoms with Crippen molar-refractivity contribution in [2.75, 3.05) is 72.5 Å². The number of rotatable bonds is 51. The van der Waals surface area contributed by atoms with E-state index in [2.05, 4.69) is 88.1 Å². The van der Waals surface area contributed by atoms with Gasteiger partial charge in [-0.3, -0.25) is 9.59 Å². The molecule has 12 heteroatoms. The molecule has 12 nitrogen and oxygen atoms in total. The van der Waals surface area contributed by atoms with Gasteiger partial charge in [0.15, 0.2) is 12.6 Å². The van der Waals surface area contributed by atoms with Crippen LogP contribution in [0, 0.1) is 11.8 Å². The van der Waals surface area contributed by atoms with Gasteiger partial charge in [0.25, 0.3) is 0 Å². The summed E-state index contributed by atoms with van der Waals surface area (Å²) in [5, 5.41) is 0. The van der Waals surface area contributed by atoms with Crippen molar-refractivity contribution in [3.63, 3.8) is 0 Å². The molecular formula is C61H109NO11. The van der Waals surface area contributed by atoms with Crippen LogP contribution in [0.4, 0.5) is 4.79 Å². The molecule has 0 N–H and O–H groups in total. The van der Waals surface area contributed by atoms with Gasteiger partial charge >= 0.3 is 18.1 Å². The molecule has 1 atom stereocenters. The zero-order chi connectivity index (χ0) is 52.9. The zero-order valence-corrected chi connectivity index (χ0v) is 47.4. The SMILES string of the molecule is CCCCCC/C=C\COC(CCCCC(=O)OCC(COC(=O)CCCCC(OC/C=C\CCCCCC)OC/C=C\CCCCCC)COC(=O)OCC1CCCN(CC)C1)OC/C=C\CCCCCC. The molecule has 1 unspecified atom stereocenters. The number of hydrogen-bond acceptors (Lipinski definition) is 12. The average Bonchev–Trinajstić information content (AvgIpc) is 3.40. The Kier molecular flexibility index (Phi) is 48.8. The van der Waals surface area contributed by atoms with Crippen molar-refractivity contribution in [3.05, 3.63) is 48.6 Å². The summed E-state index contributed by atoms with van der Waals surface area (Å²) >= 11 is 0. The van der Waals surface area contributed by atoms with Crippen molar-refractivity contribution in [1.82, 2.24) is 4.90 Å². The van der Waals surface area contributed by atoms with E-state index in [9.17, 15) is 14.4 Å². The lowest BCUT2D eigenvalue weighted by Crippen LogP contribution is -2.37. The summed E-state index contributed by atoms with van der Waals surface area (Å²) in [6.45, 7) is 15.9. The van der Waals surface area contributed by atoms with Crippen molar-refractivity contribution < 1.29 is 52.3 Å². The fourth-order valence-electron chi connectivity index (χ4n) is 8.44. The average molecular weight is 1030 g/mol. The van der Waals surface area contributed by atoms with Crippen LogP contribution in [-0.2, 0) is 47.5 Å². The normalized spacial score (nSPS) is 14.6. The van der Waals surface area contributed by atoms with Gasteiger partial charge in [-0.15, -0.1) is 0 Å². The topological polar surface area (TPSA) is 128 Å². The van der Waals surface area contributed by atoms with Gasteiger partial charge in [-0.05, 0) is 116 Å². The molecule has 0 aromatic rings. The second-order valence-corrected chi connectivity index (χ2v) is 20.0. The van der Waals surface area contributed by atoms with Gasteiger partial charge in [-0.2, -0.15) is 0 Å². The van der Waals surface area contributed by atoms with Crippen LogP contribution in [0.15, 0.2) is 48.6 Å². The minimum atomic E-state index is -0.774. The molecule has 73 heavy (non-hydrogen) atoms. The van der Waals surface area contributed by atoms with E-state index < -0.39 is 12.1 Å². The summed E-state index contributed by atoms with van der Waals surface area (Å²) in [4.78, 5) is 41.1. The number of likely N-dealkylation sites (tertiary alicyclic amines) is 1. The minimum Gasteiger partial charge on any atom is -0.465 e. The molecule has 1 heterocycles. The largest absolute Gasteiger partial charge is 0.508 e. The Bertz CT molecular complexity index is 1250. The summed E-state index contributed by atoms with van der Waals surface area (Å²) in [6, 6.07) is 0. The van der Waals surface area contributed by atoms with Gasteiger partial charge in [-0.1, -0.05) is 160 Å². The van der Waals surface area contributed by atoms with Crippen LogP contribution in [0.1, 0.15) is 227 Å². The molecule has 424 valence electrons. The van der Waals surface area contributed by atoms with E-state index in [1.807, 2.05) is 0 Å². The van der Waals surface area contributed by atoms with E-state index in [-0.39, 0.29) is 69.7 Å². The first-order chi connectivity index (χ1) is 35.8. The molecule has 0 saturated carbocycles. The number of esters is 2. The van der Waals surface area contributed by atoms with Crippen LogP contribution < -0.4 is 0 Å². The lowest BCUT2D eigenvalue weighted by Gasteiger charge is -2.31. The van der Waals surface area contributed by atoms with Gasteiger partial charge in [-0.25, -0.2) is 4.79 Å². The highest BCUT2D eigenvalue weighted by molar-refractivity contribution is 5.69. The van der Waals surface area contributed by atoms with Crippen LogP contribution >= 0.6 is 0 Å². The number of ether oxygens (including phenoxy) is 8. The molecular weight excluding hydrogens is 923 g/mol. The van der Waals surface area contributed by atoms with Crippen molar-refractivity contribution in [2.45, 2.75) is 240 Å². The quantitative estimate of drug-likeness (QED) is 0.0189. The molecule has 1 aliphatic rings. The Morgan fingerprint density at radius 2 is 0.863 bits per heavy atom. The first kappa shape index (κ1) is 68.0. The fourth-order valence-corrected chi connectivity index (χ4v) is 8.44. The highest BCUT2D eigenvalue weighted by Gasteiger charge is 2.22. The molecule has 0 bridgehead atoms. The highest BCUT2D eigenvalue weighted by atomic mass is 16.7. The maximum Gasteiger partial charge on any atom is 0.508 e. The number of allylic oxidation sites excluding steroid dienone is 4. The van der Waals surface area contributed by atoms with Crippen molar-refractivity contribution >= 4 is 18.1 Å². The standard InChI is InChI=1S/C61H109NO11/c1-6-11-15-19-23-27-35-46-66-59(67-47-36-28-24-20-16-12-7-2)43-33-31-41-57(63)70-52-56(54-73-61(65)72-51-55-40-39-45-62(10-5)50-55)53-71-58(64)42-32-34-44-60(68-48-37-29-25-21-17-13-8-3)69-49-38-30-26-22-18-14-9-4/h27-30,35-38,55-56,59-60H,6-26,31-34,39-54H2,1-5H3/b35-27-,36-28-,37-29-,38-30-. The predicted molar refractivity (Wildman–Crippen MR) is 297 cm³/mol. The summed E-state index contributed by atoms with van der Waals surface area (Å²) in [6.07, 6.45) is 46.0. The second kappa shape index (κ2) is 52.4. The van der Waals surface area contributed by atoms with Crippen LogP contribution in [0.3, 0.4) is 0 Å².